The van der Waals surface area contributed by atoms with Crippen LogP contribution in [0.1, 0.15) is 25.7 Å². The molecule has 3 nitrogen and oxygen atoms in total. The number of fused-ring (bicyclic) bond motifs is 2. The maximum Gasteiger partial charge on any atom is 0.228 e. The second kappa shape index (κ2) is 4.06. The Morgan fingerprint density at radius 1 is 0.900 bits per heavy atom. The van der Waals surface area contributed by atoms with E-state index in [0.29, 0.717) is 5.82 Å². The lowest BCUT2D eigenvalue weighted by atomic mass is 9.44. The van der Waals surface area contributed by atoms with Gasteiger partial charge >= 0.3 is 0 Å². The molecule has 2 spiro atoms. The summed E-state index contributed by atoms with van der Waals surface area (Å²) >= 11 is 0. The number of hydrogen-bond acceptors (Lipinski definition) is 3. The molecule has 0 amide bonds. The highest BCUT2D eigenvalue weighted by atomic mass is 15.3. The monoisotopic (exact) mass is 259 g/mol. The molecule has 1 saturated heterocycles. The largest absolute Gasteiger partial charge is 0.413 e. The average molecular weight is 259 g/mol. The summed E-state index contributed by atoms with van der Waals surface area (Å²) in [5.41, 5.74) is 1.86. The molecule has 1 aliphatic carbocycles. The number of hydrogen-bond donors (Lipinski definition) is 0. The highest BCUT2D eigenvalue weighted by molar-refractivity contribution is 6.12. The van der Waals surface area contributed by atoms with E-state index in [0.717, 1.165) is 57.7 Å². The predicted molar refractivity (Wildman–Crippen MR) is 82.1 cm³/mol. The van der Waals surface area contributed by atoms with Crippen LogP contribution in [-0.4, -0.2) is 72.4 Å². The molecule has 3 heterocycles. The molecule has 2 fully saturated rings. The summed E-state index contributed by atoms with van der Waals surface area (Å²) in [6.07, 6.45) is 4.30. The minimum atomic E-state index is 0.179. The minimum Gasteiger partial charge on any atom is -0.413 e. The van der Waals surface area contributed by atoms with Gasteiger partial charge in [-0.15, -0.1) is 0 Å². The van der Waals surface area contributed by atoms with Crippen LogP contribution in [0.25, 0.3) is 0 Å². The lowest BCUT2D eigenvalue weighted by Gasteiger charge is -2.66. The molecule has 0 N–H and O–H groups in total. The van der Waals surface area contributed by atoms with Crippen LogP contribution in [0.5, 0.6) is 0 Å². The zero-order valence-corrected chi connectivity index (χ0v) is 11.9. The third-order valence-corrected chi connectivity index (χ3v) is 5.81. The van der Waals surface area contributed by atoms with Crippen molar-refractivity contribution in [3.63, 3.8) is 0 Å². The van der Waals surface area contributed by atoms with Gasteiger partial charge in [-0.2, -0.15) is 0 Å². The van der Waals surface area contributed by atoms with Gasteiger partial charge in [0, 0.05) is 18.5 Å². The SMILES string of the molecule is [B]C1CC2(CCN([B])C3=C2C2(CCN3[B])CN([B])C2)C1. The summed E-state index contributed by atoms with van der Waals surface area (Å²) in [5.74, 6) is 1.37. The van der Waals surface area contributed by atoms with E-state index < -0.39 is 0 Å². The number of nitrogens with zero attached hydrogens (tertiary/aromatic N) is 3. The first kappa shape index (κ1) is 13.2. The van der Waals surface area contributed by atoms with Crippen LogP contribution in [0.2, 0.25) is 5.82 Å². The number of rotatable bonds is 0. The first-order chi connectivity index (χ1) is 9.46. The summed E-state index contributed by atoms with van der Waals surface area (Å²) in [4.78, 5) is 5.58. The van der Waals surface area contributed by atoms with Gasteiger partial charge in [0.25, 0.3) is 0 Å². The summed E-state index contributed by atoms with van der Waals surface area (Å²) in [6.45, 7) is 3.55. The highest BCUT2D eigenvalue weighted by Crippen LogP contribution is 2.65. The second-order valence-electron chi connectivity index (χ2n) is 7.22. The van der Waals surface area contributed by atoms with Crippen molar-refractivity contribution in [1.29, 1.82) is 0 Å². The van der Waals surface area contributed by atoms with Gasteiger partial charge in [-0.3, -0.25) is 0 Å². The van der Waals surface area contributed by atoms with Crippen molar-refractivity contribution in [1.82, 2.24) is 14.4 Å². The molecule has 0 aromatic carbocycles. The van der Waals surface area contributed by atoms with Gasteiger partial charge in [0.15, 0.2) is 7.98 Å². The van der Waals surface area contributed by atoms with Crippen molar-refractivity contribution in [3.05, 3.63) is 11.4 Å². The molecular weight excluding hydrogens is 241 g/mol. The molecule has 1 saturated carbocycles. The molecule has 0 aromatic heterocycles. The lowest BCUT2D eigenvalue weighted by Crippen LogP contribution is -2.65. The van der Waals surface area contributed by atoms with Crippen LogP contribution in [0.15, 0.2) is 11.4 Å². The van der Waals surface area contributed by atoms with Crippen LogP contribution in [0.4, 0.5) is 0 Å². The summed E-state index contributed by atoms with van der Waals surface area (Å²) in [6, 6.07) is 0. The normalized spacial score (nSPS) is 39.7. The standard InChI is InChI=1S/C13H17B4N3/c14-9-5-12(6-9)1-3-19(16)11-10(12)13(2-4-20(11)17)7-18(15)8-13/h9H,1-8H2. The molecule has 8 radical (unpaired) electrons. The zero-order chi connectivity index (χ0) is 14.1. The van der Waals surface area contributed by atoms with Gasteiger partial charge in [0.2, 0.25) is 16.0 Å². The fourth-order valence-corrected chi connectivity index (χ4v) is 5.02. The first-order valence-corrected chi connectivity index (χ1v) is 7.51. The Hall–Kier alpha value is -0.440. The molecule has 20 heavy (non-hydrogen) atoms. The molecule has 7 heteroatoms. The molecule has 4 aliphatic rings. The first-order valence-electron chi connectivity index (χ1n) is 7.51. The average Bonchev–Trinajstić information content (AvgIpc) is 2.33. The van der Waals surface area contributed by atoms with E-state index in [9.17, 15) is 0 Å². The van der Waals surface area contributed by atoms with Crippen LogP contribution in [0.3, 0.4) is 0 Å². The van der Waals surface area contributed by atoms with E-state index in [1.54, 1.807) is 0 Å². The van der Waals surface area contributed by atoms with Gasteiger partial charge in [-0.25, -0.2) is 0 Å². The molecular formula is C13H17B4N3. The van der Waals surface area contributed by atoms with Gasteiger partial charge < -0.3 is 14.4 Å². The summed E-state index contributed by atoms with van der Waals surface area (Å²) < 4.78 is 0. The van der Waals surface area contributed by atoms with E-state index in [-0.39, 0.29) is 10.8 Å². The Morgan fingerprint density at radius 3 is 1.95 bits per heavy atom. The van der Waals surface area contributed by atoms with Gasteiger partial charge in [0.05, 0.1) is 13.7 Å². The van der Waals surface area contributed by atoms with E-state index in [4.69, 9.17) is 31.8 Å². The fraction of sp³-hybridized carbons (Fsp3) is 0.846. The molecule has 0 atom stereocenters. The summed E-state index contributed by atoms with van der Waals surface area (Å²) in [5, 5.41) is 0. The Labute approximate surface area is 126 Å². The molecule has 3 aliphatic heterocycles. The second-order valence-corrected chi connectivity index (χ2v) is 7.22. The van der Waals surface area contributed by atoms with Crippen molar-refractivity contribution in [2.45, 2.75) is 31.5 Å². The van der Waals surface area contributed by atoms with Crippen LogP contribution < -0.4 is 0 Å². The quantitative estimate of drug-likeness (QED) is 0.562. The predicted octanol–water partition coefficient (Wildman–Crippen LogP) is -0.101. The van der Waals surface area contributed by atoms with Crippen LogP contribution in [0, 0.1) is 10.8 Å². The molecule has 0 unspecified atom stereocenters. The Bertz CT molecular complexity index is 428. The van der Waals surface area contributed by atoms with E-state index >= 15 is 0 Å². The Balaban J connectivity index is 1.82. The molecule has 96 valence electrons. The van der Waals surface area contributed by atoms with Gasteiger partial charge in [-0.1, -0.05) is 5.82 Å². The fourth-order valence-electron chi connectivity index (χ4n) is 5.02. The van der Waals surface area contributed by atoms with E-state index in [1.807, 2.05) is 14.4 Å². The smallest absolute Gasteiger partial charge is 0.228 e. The molecule has 0 bridgehead atoms. The van der Waals surface area contributed by atoms with E-state index in [2.05, 4.69) is 0 Å². The topological polar surface area (TPSA) is 9.72 Å². The van der Waals surface area contributed by atoms with Crippen LogP contribution >= 0.6 is 0 Å². The Morgan fingerprint density at radius 2 is 1.45 bits per heavy atom. The maximum absolute atomic E-state index is 6.23. The maximum atomic E-state index is 6.23. The van der Waals surface area contributed by atoms with Gasteiger partial charge in [0.1, 0.15) is 0 Å². The van der Waals surface area contributed by atoms with Crippen LogP contribution in [-0.2, 0) is 0 Å². The molecule has 0 aromatic rings. The zero-order valence-electron chi connectivity index (χ0n) is 11.9. The third-order valence-electron chi connectivity index (χ3n) is 5.81. The van der Waals surface area contributed by atoms with Crippen molar-refractivity contribution in [2.24, 2.45) is 10.8 Å². The van der Waals surface area contributed by atoms with Gasteiger partial charge in [-0.05, 0) is 49.8 Å². The summed E-state index contributed by atoms with van der Waals surface area (Å²) in [7, 11) is 24.5. The molecule has 4 rings (SSSR count). The van der Waals surface area contributed by atoms with Crippen molar-refractivity contribution >= 4 is 31.8 Å². The lowest BCUT2D eigenvalue weighted by molar-refractivity contribution is 0.00439. The van der Waals surface area contributed by atoms with Crippen molar-refractivity contribution in [2.75, 3.05) is 26.2 Å². The Kier molecular flexibility index (Phi) is 2.69. The third kappa shape index (κ3) is 1.56. The van der Waals surface area contributed by atoms with E-state index in [1.165, 1.54) is 5.57 Å². The van der Waals surface area contributed by atoms with Crippen molar-refractivity contribution < 1.29 is 0 Å². The minimum absolute atomic E-state index is 0.179. The van der Waals surface area contributed by atoms with Crippen molar-refractivity contribution in [3.8, 4) is 0 Å². The highest BCUT2D eigenvalue weighted by Gasteiger charge is 2.59.